The summed E-state index contributed by atoms with van der Waals surface area (Å²) in [6.07, 6.45) is 0.277. The first-order chi connectivity index (χ1) is 11.5. The Balaban J connectivity index is 1.94. The Bertz CT molecular complexity index is 858. The van der Waals surface area contributed by atoms with E-state index in [0.29, 0.717) is 11.1 Å². The lowest BCUT2D eigenvalue weighted by molar-refractivity contribution is -0.436. The Morgan fingerprint density at radius 2 is 2.00 bits per heavy atom. The molecular weight excluding hydrogens is 308 g/mol. The standard InChI is InChI=1S/C18H16N2O4/c1-11-7-8-15(12(2)9-11)19-10-16(20(22)23)17-13-5-3-4-6-14(13)18(21)24-17/h3-10,17,19H,1-2H3/b16-10+. The largest absolute Gasteiger partial charge is 0.442 e. The molecule has 1 heterocycles. The first-order valence-electron chi connectivity index (χ1n) is 7.45. The highest BCUT2D eigenvalue weighted by molar-refractivity contribution is 5.94. The second-order valence-corrected chi connectivity index (χ2v) is 5.66. The van der Waals surface area contributed by atoms with Gasteiger partial charge in [-0.3, -0.25) is 10.1 Å². The van der Waals surface area contributed by atoms with Gasteiger partial charge in [0.1, 0.15) is 0 Å². The van der Waals surface area contributed by atoms with Crippen LogP contribution in [0.2, 0.25) is 0 Å². The number of aryl methyl sites for hydroxylation is 2. The fourth-order valence-electron chi connectivity index (χ4n) is 2.72. The molecule has 6 heteroatoms. The third kappa shape index (κ3) is 2.86. The van der Waals surface area contributed by atoms with E-state index < -0.39 is 17.0 Å². The lowest BCUT2D eigenvalue weighted by atomic mass is 10.0. The third-order valence-electron chi connectivity index (χ3n) is 3.92. The van der Waals surface area contributed by atoms with Crippen molar-refractivity contribution < 1.29 is 14.5 Å². The van der Waals surface area contributed by atoms with Crippen LogP contribution in [-0.2, 0) is 4.74 Å². The van der Waals surface area contributed by atoms with Crippen molar-refractivity contribution in [3.05, 3.63) is 86.7 Å². The Kier molecular flexibility index (Phi) is 4.04. The van der Waals surface area contributed by atoms with Crippen molar-refractivity contribution in [1.82, 2.24) is 0 Å². The zero-order chi connectivity index (χ0) is 17.3. The van der Waals surface area contributed by atoms with Crippen molar-refractivity contribution >= 4 is 11.7 Å². The molecule has 1 atom stereocenters. The van der Waals surface area contributed by atoms with Crippen LogP contribution in [0.4, 0.5) is 5.69 Å². The molecule has 0 saturated carbocycles. The number of hydrogen-bond acceptors (Lipinski definition) is 5. The number of nitro groups is 1. The molecule has 24 heavy (non-hydrogen) atoms. The summed E-state index contributed by atoms with van der Waals surface area (Å²) in [5.41, 5.74) is 3.49. The second-order valence-electron chi connectivity index (χ2n) is 5.66. The number of nitrogens with zero attached hydrogens (tertiary/aromatic N) is 1. The molecule has 1 aliphatic heterocycles. The van der Waals surface area contributed by atoms with Crippen LogP contribution in [0.1, 0.15) is 33.2 Å². The van der Waals surface area contributed by atoms with E-state index in [9.17, 15) is 14.9 Å². The predicted octanol–water partition coefficient (Wildman–Crippen LogP) is 3.75. The molecular formula is C18H16N2O4. The Hall–Kier alpha value is -3.15. The van der Waals surface area contributed by atoms with Gasteiger partial charge in [0.2, 0.25) is 6.10 Å². The van der Waals surface area contributed by atoms with E-state index in [1.54, 1.807) is 24.3 Å². The minimum Gasteiger partial charge on any atom is -0.442 e. The number of cyclic esters (lactones) is 1. The van der Waals surface area contributed by atoms with E-state index in [4.69, 9.17) is 4.74 Å². The van der Waals surface area contributed by atoms with Gasteiger partial charge in [0, 0.05) is 11.3 Å². The molecule has 3 rings (SSSR count). The van der Waals surface area contributed by atoms with Gasteiger partial charge in [-0.1, -0.05) is 35.9 Å². The number of benzene rings is 2. The molecule has 1 N–H and O–H groups in total. The minimum atomic E-state index is -1.01. The van der Waals surface area contributed by atoms with E-state index >= 15 is 0 Å². The van der Waals surface area contributed by atoms with Gasteiger partial charge in [0.15, 0.2) is 0 Å². The smallest absolute Gasteiger partial charge is 0.339 e. The van der Waals surface area contributed by atoms with Crippen LogP contribution in [0, 0.1) is 24.0 Å². The summed E-state index contributed by atoms with van der Waals surface area (Å²) in [5.74, 6) is -0.546. The van der Waals surface area contributed by atoms with Crippen molar-refractivity contribution in [3.8, 4) is 0 Å². The average Bonchev–Trinajstić information content (AvgIpc) is 2.87. The summed E-state index contributed by atoms with van der Waals surface area (Å²) in [4.78, 5) is 22.8. The van der Waals surface area contributed by atoms with Crippen molar-refractivity contribution in [1.29, 1.82) is 0 Å². The number of ether oxygens (including phenoxy) is 1. The summed E-state index contributed by atoms with van der Waals surface area (Å²) in [6.45, 7) is 3.89. The van der Waals surface area contributed by atoms with Crippen molar-refractivity contribution in [2.45, 2.75) is 20.0 Å². The summed E-state index contributed by atoms with van der Waals surface area (Å²) < 4.78 is 5.20. The molecule has 1 aliphatic rings. The van der Waals surface area contributed by atoms with Gasteiger partial charge in [-0.15, -0.1) is 0 Å². The fourth-order valence-corrected chi connectivity index (χ4v) is 2.72. The summed E-state index contributed by atoms with van der Waals surface area (Å²) in [7, 11) is 0. The SMILES string of the molecule is Cc1ccc(N/C=C(\C2OC(=O)c3ccccc32)[N+](=O)[O-])c(C)c1. The number of anilines is 1. The highest BCUT2D eigenvalue weighted by Gasteiger charge is 2.39. The van der Waals surface area contributed by atoms with Crippen LogP contribution in [0.3, 0.4) is 0 Å². The summed E-state index contributed by atoms with van der Waals surface area (Å²) in [5, 5.41) is 14.4. The van der Waals surface area contributed by atoms with Crippen LogP contribution in [0.5, 0.6) is 0 Å². The van der Waals surface area contributed by atoms with Gasteiger partial charge in [-0.25, -0.2) is 4.79 Å². The molecule has 0 fully saturated rings. The summed E-state index contributed by atoms with van der Waals surface area (Å²) >= 11 is 0. The molecule has 1 unspecified atom stereocenters. The number of rotatable bonds is 4. The lowest BCUT2D eigenvalue weighted by Crippen LogP contribution is -2.12. The second kappa shape index (κ2) is 6.16. The van der Waals surface area contributed by atoms with Gasteiger partial charge in [0.05, 0.1) is 16.7 Å². The molecule has 2 aromatic rings. The van der Waals surface area contributed by atoms with Crippen molar-refractivity contribution in [2.24, 2.45) is 0 Å². The van der Waals surface area contributed by atoms with Crippen LogP contribution in [0.15, 0.2) is 54.4 Å². The predicted molar refractivity (Wildman–Crippen MR) is 89.2 cm³/mol. The molecule has 6 nitrogen and oxygen atoms in total. The van der Waals surface area contributed by atoms with E-state index in [1.807, 2.05) is 32.0 Å². The highest BCUT2D eigenvalue weighted by Crippen LogP contribution is 2.36. The fraction of sp³-hybridized carbons (Fsp3) is 0.167. The number of carbonyl (C=O) groups excluding carboxylic acids is 1. The van der Waals surface area contributed by atoms with E-state index in [1.165, 1.54) is 6.20 Å². The molecule has 2 aromatic carbocycles. The topological polar surface area (TPSA) is 81.5 Å². The molecule has 122 valence electrons. The minimum absolute atomic E-state index is 0.215. The van der Waals surface area contributed by atoms with Gasteiger partial charge >= 0.3 is 11.7 Å². The maximum Gasteiger partial charge on any atom is 0.339 e. The third-order valence-corrected chi connectivity index (χ3v) is 3.92. The zero-order valence-corrected chi connectivity index (χ0v) is 13.3. The first kappa shape index (κ1) is 15.7. The summed E-state index contributed by atoms with van der Waals surface area (Å²) in [6, 6.07) is 12.4. The number of hydrogen-bond donors (Lipinski definition) is 1. The number of nitrogens with one attached hydrogen (secondary N) is 1. The average molecular weight is 324 g/mol. The zero-order valence-electron chi connectivity index (χ0n) is 13.3. The quantitative estimate of drug-likeness (QED) is 0.526. The Morgan fingerprint density at radius 1 is 1.25 bits per heavy atom. The normalized spacial score (nSPS) is 16.5. The molecule has 0 spiro atoms. The lowest BCUT2D eigenvalue weighted by Gasteiger charge is -2.10. The molecule has 0 bridgehead atoms. The van der Waals surface area contributed by atoms with E-state index in [0.717, 1.165) is 16.8 Å². The van der Waals surface area contributed by atoms with Crippen LogP contribution >= 0.6 is 0 Å². The van der Waals surface area contributed by atoms with Gasteiger partial charge in [0.25, 0.3) is 0 Å². The van der Waals surface area contributed by atoms with Gasteiger partial charge in [-0.05, 0) is 31.5 Å². The number of carbonyl (C=O) groups is 1. The number of esters is 1. The van der Waals surface area contributed by atoms with Crippen molar-refractivity contribution in [3.63, 3.8) is 0 Å². The molecule has 0 aliphatic carbocycles. The molecule has 0 aromatic heterocycles. The molecule has 0 saturated heterocycles. The number of fused-ring (bicyclic) bond motifs is 1. The van der Waals surface area contributed by atoms with Crippen LogP contribution in [0.25, 0.3) is 0 Å². The highest BCUT2D eigenvalue weighted by atomic mass is 16.6. The van der Waals surface area contributed by atoms with Gasteiger partial charge < -0.3 is 10.1 Å². The Labute approximate surface area is 138 Å². The van der Waals surface area contributed by atoms with E-state index in [2.05, 4.69) is 5.32 Å². The van der Waals surface area contributed by atoms with E-state index in [-0.39, 0.29) is 5.70 Å². The van der Waals surface area contributed by atoms with Crippen LogP contribution in [-0.4, -0.2) is 10.9 Å². The van der Waals surface area contributed by atoms with Crippen molar-refractivity contribution in [2.75, 3.05) is 5.32 Å². The maximum absolute atomic E-state index is 11.9. The first-order valence-corrected chi connectivity index (χ1v) is 7.45. The molecule has 0 radical (unpaired) electrons. The molecule has 0 amide bonds. The Morgan fingerprint density at radius 3 is 2.71 bits per heavy atom. The van der Waals surface area contributed by atoms with Crippen LogP contribution < -0.4 is 5.32 Å². The maximum atomic E-state index is 11.9. The van der Waals surface area contributed by atoms with Gasteiger partial charge in [-0.2, -0.15) is 0 Å². The monoisotopic (exact) mass is 324 g/mol.